The predicted molar refractivity (Wildman–Crippen MR) is 71.0 cm³/mol. The molecule has 1 rings (SSSR count). The quantitative estimate of drug-likeness (QED) is 0.683. The molecule has 0 aliphatic rings. The van der Waals surface area contributed by atoms with E-state index in [1.165, 1.54) is 13.0 Å². The van der Waals surface area contributed by atoms with Crippen LogP contribution in [-0.2, 0) is 26.4 Å². The second-order valence-electron chi connectivity index (χ2n) is 3.89. The topological polar surface area (TPSA) is 105 Å². The summed E-state index contributed by atoms with van der Waals surface area (Å²) in [6.45, 7) is 1.76. The van der Waals surface area contributed by atoms with Crippen LogP contribution in [0.4, 0.5) is 0 Å². The number of nitrogens with one attached hydrogen (secondary N) is 2. The Hall–Kier alpha value is -0.900. The summed E-state index contributed by atoms with van der Waals surface area (Å²) in [6, 6.07) is 2.89. The van der Waals surface area contributed by atoms with E-state index in [9.17, 15) is 16.8 Å². The molecular formula is C10H18N2O5S2. The number of sulfone groups is 1. The highest BCUT2D eigenvalue weighted by Gasteiger charge is 2.19. The fourth-order valence-corrected chi connectivity index (χ4v) is 3.13. The summed E-state index contributed by atoms with van der Waals surface area (Å²) in [5.41, 5.74) is 0. The van der Waals surface area contributed by atoms with E-state index in [1.807, 2.05) is 0 Å². The van der Waals surface area contributed by atoms with Gasteiger partial charge in [0.05, 0.1) is 12.3 Å². The minimum Gasteiger partial charge on any atom is -0.447 e. The lowest BCUT2D eigenvalue weighted by atomic mass is 10.4. The van der Waals surface area contributed by atoms with Gasteiger partial charge in [-0.25, -0.2) is 21.6 Å². The number of hydrogen-bond donors (Lipinski definition) is 2. The average molecular weight is 310 g/mol. The van der Waals surface area contributed by atoms with Gasteiger partial charge in [0.2, 0.25) is 5.09 Å². The molecule has 0 atom stereocenters. The van der Waals surface area contributed by atoms with E-state index in [0.717, 1.165) is 0 Å². The Morgan fingerprint density at radius 3 is 2.47 bits per heavy atom. The van der Waals surface area contributed by atoms with Crippen molar-refractivity contribution in [3.63, 3.8) is 0 Å². The van der Waals surface area contributed by atoms with Gasteiger partial charge in [0, 0.05) is 12.3 Å². The second-order valence-corrected chi connectivity index (χ2v) is 8.06. The van der Waals surface area contributed by atoms with Crippen LogP contribution < -0.4 is 10.0 Å². The number of furan rings is 1. The molecule has 19 heavy (non-hydrogen) atoms. The van der Waals surface area contributed by atoms with Crippen LogP contribution in [0.5, 0.6) is 0 Å². The highest BCUT2D eigenvalue weighted by Crippen LogP contribution is 2.13. The average Bonchev–Trinajstić information content (AvgIpc) is 2.78. The molecule has 0 spiro atoms. The van der Waals surface area contributed by atoms with Crippen molar-refractivity contribution >= 4 is 19.9 Å². The Bertz CT molecular complexity index is 604. The number of hydrogen-bond acceptors (Lipinski definition) is 6. The lowest BCUT2D eigenvalue weighted by molar-refractivity contribution is 0.405. The maximum Gasteiger partial charge on any atom is 0.273 e. The standard InChI is InChI=1S/C10H18N2O5S2/c1-3-18(13,14)7-6-12-19(15,16)10-5-4-9(17-10)8-11-2/h4-5,11-12H,3,6-8H2,1-2H3. The minimum atomic E-state index is -3.80. The fraction of sp³-hybridized carbons (Fsp3) is 0.600. The summed E-state index contributed by atoms with van der Waals surface area (Å²) < 4.78 is 53.4. The SMILES string of the molecule is CCS(=O)(=O)CCNS(=O)(=O)c1ccc(CNC)o1. The van der Waals surface area contributed by atoms with Gasteiger partial charge in [-0.15, -0.1) is 0 Å². The van der Waals surface area contributed by atoms with E-state index in [2.05, 4.69) is 10.0 Å². The van der Waals surface area contributed by atoms with Gasteiger partial charge < -0.3 is 9.73 Å². The van der Waals surface area contributed by atoms with Crippen LogP contribution >= 0.6 is 0 Å². The predicted octanol–water partition coefficient (Wildman–Crippen LogP) is -0.288. The highest BCUT2D eigenvalue weighted by atomic mass is 32.2. The second kappa shape index (κ2) is 6.51. The van der Waals surface area contributed by atoms with Gasteiger partial charge in [-0.1, -0.05) is 6.92 Å². The molecule has 0 bridgehead atoms. The molecule has 0 unspecified atom stereocenters. The molecule has 9 heteroatoms. The minimum absolute atomic E-state index is 0.0121. The molecule has 1 heterocycles. The van der Waals surface area contributed by atoms with Gasteiger partial charge >= 0.3 is 0 Å². The third-order valence-corrected chi connectivity index (χ3v) is 5.44. The molecular weight excluding hydrogens is 292 g/mol. The maximum absolute atomic E-state index is 11.8. The summed E-state index contributed by atoms with van der Waals surface area (Å²) >= 11 is 0. The largest absolute Gasteiger partial charge is 0.447 e. The molecule has 0 aliphatic carbocycles. The molecule has 0 fully saturated rings. The van der Waals surface area contributed by atoms with Gasteiger partial charge in [0.25, 0.3) is 10.0 Å². The van der Waals surface area contributed by atoms with Crippen molar-refractivity contribution in [3.8, 4) is 0 Å². The first-order valence-corrected chi connectivity index (χ1v) is 9.04. The van der Waals surface area contributed by atoms with Crippen LogP contribution in [0.15, 0.2) is 21.6 Å². The van der Waals surface area contributed by atoms with Crippen molar-refractivity contribution in [2.24, 2.45) is 0 Å². The summed E-state index contributed by atoms with van der Waals surface area (Å²) in [7, 11) is -5.28. The Morgan fingerprint density at radius 2 is 1.89 bits per heavy atom. The van der Waals surface area contributed by atoms with Crippen LogP contribution in [0.25, 0.3) is 0 Å². The zero-order valence-corrected chi connectivity index (χ0v) is 12.5. The molecule has 0 saturated carbocycles. The van der Waals surface area contributed by atoms with E-state index >= 15 is 0 Å². The first-order valence-electron chi connectivity index (χ1n) is 5.74. The van der Waals surface area contributed by atoms with E-state index in [4.69, 9.17) is 4.42 Å². The molecule has 110 valence electrons. The molecule has 1 aromatic rings. The van der Waals surface area contributed by atoms with Crippen LogP contribution in [-0.4, -0.2) is 41.9 Å². The van der Waals surface area contributed by atoms with Crippen molar-refractivity contribution in [2.45, 2.75) is 18.6 Å². The third kappa shape index (κ3) is 4.94. The van der Waals surface area contributed by atoms with E-state index in [1.54, 1.807) is 13.1 Å². The van der Waals surface area contributed by atoms with Crippen molar-refractivity contribution in [1.82, 2.24) is 10.0 Å². The highest BCUT2D eigenvalue weighted by molar-refractivity contribution is 7.91. The van der Waals surface area contributed by atoms with Crippen molar-refractivity contribution in [2.75, 3.05) is 25.1 Å². The van der Waals surface area contributed by atoms with Gasteiger partial charge in [-0.2, -0.15) is 0 Å². The monoisotopic (exact) mass is 310 g/mol. The molecule has 0 aliphatic heterocycles. The molecule has 2 N–H and O–H groups in total. The summed E-state index contributed by atoms with van der Waals surface area (Å²) in [5.74, 6) is 0.248. The summed E-state index contributed by atoms with van der Waals surface area (Å²) in [6.07, 6.45) is 0. The first-order chi connectivity index (χ1) is 8.80. The number of sulfonamides is 1. The van der Waals surface area contributed by atoms with Crippen LogP contribution in [0.2, 0.25) is 0 Å². The number of rotatable bonds is 8. The van der Waals surface area contributed by atoms with Gasteiger partial charge in [-0.3, -0.25) is 0 Å². The Kier molecular flexibility index (Phi) is 5.53. The smallest absolute Gasteiger partial charge is 0.273 e. The lowest BCUT2D eigenvalue weighted by Gasteiger charge is -2.04. The summed E-state index contributed by atoms with van der Waals surface area (Å²) in [5, 5.41) is 2.62. The summed E-state index contributed by atoms with van der Waals surface area (Å²) in [4.78, 5) is 0. The third-order valence-electron chi connectivity index (χ3n) is 2.40. The molecule has 0 amide bonds. The van der Waals surface area contributed by atoms with E-state index in [-0.39, 0.29) is 23.1 Å². The molecule has 0 saturated heterocycles. The van der Waals surface area contributed by atoms with Gasteiger partial charge in [0.15, 0.2) is 9.84 Å². The van der Waals surface area contributed by atoms with E-state index < -0.39 is 19.9 Å². The first kappa shape index (κ1) is 16.2. The zero-order valence-electron chi connectivity index (χ0n) is 10.8. The lowest BCUT2D eigenvalue weighted by Crippen LogP contribution is -2.29. The Labute approximate surface area is 113 Å². The molecule has 0 radical (unpaired) electrons. The molecule has 0 aromatic carbocycles. The van der Waals surface area contributed by atoms with Gasteiger partial charge in [-0.05, 0) is 19.2 Å². The molecule has 7 nitrogen and oxygen atoms in total. The van der Waals surface area contributed by atoms with Crippen LogP contribution in [0.3, 0.4) is 0 Å². The van der Waals surface area contributed by atoms with Crippen molar-refractivity contribution in [3.05, 3.63) is 17.9 Å². The normalized spacial score (nSPS) is 12.7. The zero-order chi connectivity index (χ0) is 14.5. The van der Waals surface area contributed by atoms with Gasteiger partial charge in [0.1, 0.15) is 5.76 Å². The van der Waals surface area contributed by atoms with Crippen molar-refractivity contribution in [1.29, 1.82) is 0 Å². The van der Waals surface area contributed by atoms with Crippen molar-refractivity contribution < 1.29 is 21.3 Å². The fourth-order valence-electron chi connectivity index (χ4n) is 1.32. The molecule has 1 aromatic heterocycles. The Balaban J connectivity index is 2.65. The van der Waals surface area contributed by atoms with E-state index in [0.29, 0.717) is 12.3 Å². The van der Waals surface area contributed by atoms with Crippen LogP contribution in [0.1, 0.15) is 12.7 Å². The van der Waals surface area contributed by atoms with Crippen LogP contribution in [0, 0.1) is 0 Å². The maximum atomic E-state index is 11.8. The Morgan fingerprint density at radius 1 is 1.21 bits per heavy atom.